The number of nitrogens with zero attached hydrogens (tertiary/aromatic N) is 1. The van der Waals surface area contributed by atoms with Crippen molar-refractivity contribution in [3.05, 3.63) is 58.9 Å². The molecular weight excluding hydrogens is 260 g/mol. The molecule has 1 N–H and O–H groups in total. The minimum absolute atomic E-state index is 0.817. The second-order valence-corrected chi connectivity index (χ2v) is 5.90. The fourth-order valence-corrected chi connectivity index (χ4v) is 3.04. The Morgan fingerprint density at radius 1 is 1.14 bits per heavy atom. The molecule has 0 spiro atoms. The first-order valence-corrected chi connectivity index (χ1v) is 7.43. The van der Waals surface area contributed by atoms with Gasteiger partial charge in [-0.1, -0.05) is 6.07 Å². The molecule has 2 aromatic carbocycles. The maximum atomic E-state index is 5.57. The van der Waals surface area contributed by atoms with Crippen LogP contribution in [0.5, 0.6) is 5.75 Å². The molecule has 0 atom stereocenters. The van der Waals surface area contributed by atoms with E-state index >= 15 is 0 Å². The van der Waals surface area contributed by atoms with Gasteiger partial charge in [-0.05, 0) is 60.4 Å². The Labute approximate surface area is 124 Å². The highest BCUT2D eigenvalue weighted by Crippen LogP contribution is 2.26. The smallest absolute Gasteiger partial charge is 0.242 e. The lowest BCUT2D eigenvalue weighted by Crippen LogP contribution is -2.32. The third-order valence-electron chi connectivity index (χ3n) is 4.40. The molecule has 1 aromatic heterocycles. The van der Waals surface area contributed by atoms with E-state index in [2.05, 4.69) is 60.1 Å². The van der Waals surface area contributed by atoms with Crippen molar-refractivity contribution < 1.29 is 9.30 Å². The van der Waals surface area contributed by atoms with Gasteiger partial charge in [-0.25, -0.2) is 9.55 Å². The number of fused-ring (bicyclic) bond motifs is 2. The highest BCUT2D eigenvalue weighted by Gasteiger charge is 2.15. The van der Waals surface area contributed by atoms with Crippen LogP contribution in [0.4, 0.5) is 0 Å². The summed E-state index contributed by atoms with van der Waals surface area (Å²) in [5.74, 6) is 1.05. The largest absolute Gasteiger partial charge is 0.493 e. The lowest BCUT2D eigenvalue weighted by Gasteiger charge is -2.03. The van der Waals surface area contributed by atoms with Gasteiger partial charge in [0.25, 0.3) is 0 Å². The molecule has 0 aliphatic carbocycles. The highest BCUT2D eigenvalue weighted by molar-refractivity contribution is 5.73. The molecule has 0 saturated carbocycles. The van der Waals surface area contributed by atoms with Crippen molar-refractivity contribution in [2.24, 2.45) is 0 Å². The van der Waals surface area contributed by atoms with Crippen LogP contribution in [0.2, 0.25) is 0 Å². The lowest BCUT2D eigenvalue weighted by atomic mass is 10.1. The number of H-pyrrole nitrogens is 1. The Morgan fingerprint density at radius 3 is 2.90 bits per heavy atom. The summed E-state index contributed by atoms with van der Waals surface area (Å²) >= 11 is 0. The third-order valence-corrected chi connectivity index (χ3v) is 4.40. The molecule has 3 aromatic rings. The van der Waals surface area contributed by atoms with E-state index < -0.39 is 0 Å². The van der Waals surface area contributed by atoms with Gasteiger partial charge in [0.1, 0.15) is 12.3 Å². The predicted octanol–water partition coefficient (Wildman–Crippen LogP) is 3.06. The van der Waals surface area contributed by atoms with Crippen molar-refractivity contribution in [3.8, 4) is 5.75 Å². The van der Waals surface area contributed by atoms with Crippen LogP contribution in [0.25, 0.3) is 11.0 Å². The van der Waals surface area contributed by atoms with E-state index in [4.69, 9.17) is 4.74 Å². The molecule has 0 bridgehead atoms. The fourth-order valence-electron chi connectivity index (χ4n) is 3.04. The van der Waals surface area contributed by atoms with Gasteiger partial charge in [-0.3, -0.25) is 0 Å². The third kappa shape index (κ3) is 2.09. The van der Waals surface area contributed by atoms with E-state index in [1.54, 1.807) is 0 Å². The Bertz CT molecular complexity index is 833. The second kappa shape index (κ2) is 4.62. The molecular formula is C18H19N2O+. The molecule has 3 heteroatoms. The number of rotatable bonds is 2. The van der Waals surface area contributed by atoms with Crippen molar-refractivity contribution >= 4 is 11.0 Å². The summed E-state index contributed by atoms with van der Waals surface area (Å²) in [6.07, 6.45) is 3.09. The molecule has 3 nitrogen and oxygen atoms in total. The van der Waals surface area contributed by atoms with Gasteiger partial charge < -0.3 is 4.74 Å². The van der Waals surface area contributed by atoms with Crippen LogP contribution in [-0.2, 0) is 13.0 Å². The average molecular weight is 279 g/mol. The maximum Gasteiger partial charge on any atom is 0.242 e. The van der Waals surface area contributed by atoms with Crippen molar-refractivity contribution in [1.29, 1.82) is 0 Å². The maximum absolute atomic E-state index is 5.57. The van der Waals surface area contributed by atoms with Gasteiger partial charge in [0.05, 0.1) is 6.61 Å². The topological polar surface area (TPSA) is 28.9 Å². The number of benzene rings is 2. The molecule has 0 radical (unpaired) electrons. The molecule has 0 saturated heterocycles. The average Bonchev–Trinajstić information content (AvgIpc) is 3.07. The number of aromatic nitrogens is 2. The van der Waals surface area contributed by atoms with Crippen LogP contribution in [-0.4, -0.2) is 11.6 Å². The van der Waals surface area contributed by atoms with Crippen LogP contribution in [0, 0.1) is 13.8 Å². The van der Waals surface area contributed by atoms with Gasteiger partial charge in [-0.15, -0.1) is 0 Å². The van der Waals surface area contributed by atoms with Gasteiger partial charge >= 0.3 is 0 Å². The first-order chi connectivity index (χ1) is 10.2. The van der Waals surface area contributed by atoms with Gasteiger partial charge in [-0.2, -0.15) is 0 Å². The molecule has 0 fully saturated rings. The lowest BCUT2D eigenvalue weighted by molar-refractivity contribution is -0.662. The van der Waals surface area contributed by atoms with Gasteiger partial charge in [0.2, 0.25) is 6.33 Å². The Morgan fingerprint density at radius 2 is 2.00 bits per heavy atom. The van der Waals surface area contributed by atoms with Crippen molar-refractivity contribution in [2.45, 2.75) is 26.8 Å². The minimum atomic E-state index is 0.817. The van der Waals surface area contributed by atoms with Crippen LogP contribution in [0.3, 0.4) is 0 Å². The number of ether oxygens (including phenoxy) is 1. The Kier molecular flexibility index (Phi) is 2.74. The van der Waals surface area contributed by atoms with Crippen LogP contribution < -0.4 is 9.30 Å². The highest BCUT2D eigenvalue weighted by atomic mass is 16.5. The minimum Gasteiger partial charge on any atom is -0.493 e. The second-order valence-electron chi connectivity index (χ2n) is 5.90. The van der Waals surface area contributed by atoms with E-state index in [-0.39, 0.29) is 0 Å². The zero-order valence-corrected chi connectivity index (χ0v) is 12.4. The standard InChI is InChI=1S/C18H18N2O/c1-12-7-16-17(8-13(12)2)20(11-19-16)10-14-3-4-18-15(9-14)5-6-21-18/h3-4,7-9,11H,5-6,10H2,1-2H3/p+1. The summed E-state index contributed by atoms with van der Waals surface area (Å²) in [4.78, 5) is 3.37. The van der Waals surface area contributed by atoms with Gasteiger partial charge in [0, 0.05) is 6.42 Å². The van der Waals surface area contributed by atoms with Crippen LogP contribution in [0.15, 0.2) is 36.7 Å². The summed E-state index contributed by atoms with van der Waals surface area (Å²) in [6.45, 7) is 6.02. The van der Waals surface area contributed by atoms with E-state index in [9.17, 15) is 0 Å². The fraction of sp³-hybridized carbons (Fsp3) is 0.278. The number of aryl methyl sites for hydroxylation is 2. The first kappa shape index (κ1) is 12.5. The molecule has 106 valence electrons. The molecule has 0 amide bonds. The molecule has 4 rings (SSSR count). The molecule has 1 aliphatic rings. The molecule has 21 heavy (non-hydrogen) atoms. The van der Waals surface area contributed by atoms with E-state index in [0.29, 0.717) is 0 Å². The zero-order valence-electron chi connectivity index (χ0n) is 12.4. The first-order valence-electron chi connectivity index (χ1n) is 7.43. The van der Waals surface area contributed by atoms with E-state index in [1.807, 2.05) is 0 Å². The quantitative estimate of drug-likeness (QED) is 0.718. The SMILES string of the molecule is Cc1cc2[nH]c[n+](Cc3ccc4c(c3)CCO4)c2cc1C. The predicted molar refractivity (Wildman–Crippen MR) is 82.7 cm³/mol. The van der Waals surface area contributed by atoms with Crippen LogP contribution in [0.1, 0.15) is 22.3 Å². The monoisotopic (exact) mass is 279 g/mol. The number of aromatic amines is 1. The van der Waals surface area contributed by atoms with E-state index in [1.165, 1.54) is 33.3 Å². The number of hydrogen-bond acceptors (Lipinski definition) is 1. The number of hydrogen-bond donors (Lipinski definition) is 1. The van der Waals surface area contributed by atoms with Crippen molar-refractivity contribution in [2.75, 3.05) is 6.61 Å². The Balaban J connectivity index is 1.72. The van der Waals surface area contributed by atoms with E-state index in [0.717, 1.165) is 25.3 Å². The van der Waals surface area contributed by atoms with Crippen molar-refractivity contribution in [1.82, 2.24) is 4.98 Å². The summed E-state index contributed by atoms with van der Waals surface area (Å²) in [7, 11) is 0. The number of nitrogens with one attached hydrogen (secondary N) is 1. The molecule has 2 heterocycles. The molecule has 1 aliphatic heterocycles. The van der Waals surface area contributed by atoms with Crippen molar-refractivity contribution in [3.63, 3.8) is 0 Å². The number of imidazole rings is 1. The normalized spacial score (nSPS) is 13.4. The summed E-state index contributed by atoms with van der Waals surface area (Å²) in [5, 5.41) is 0. The summed E-state index contributed by atoms with van der Waals surface area (Å²) in [6, 6.07) is 11.0. The van der Waals surface area contributed by atoms with Crippen LogP contribution >= 0.6 is 0 Å². The van der Waals surface area contributed by atoms with Gasteiger partial charge in [0.15, 0.2) is 11.0 Å². The summed E-state index contributed by atoms with van der Waals surface area (Å²) in [5.41, 5.74) is 7.77. The Hall–Kier alpha value is -2.29. The zero-order chi connectivity index (χ0) is 14.4. The molecule has 0 unspecified atom stereocenters. The summed E-state index contributed by atoms with van der Waals surface area (Å²) < 4.78 is 7.85.